The van der Waals surface area contributed by atoms with E-state index in [4.69, 9.17) is 23.2 Å². The van der Waals surface area contributed by atoms with Crippen LogP contribution >= 0.6 is 23.2 Å². The van der Waals surface area contributed by atoms with E-state index in [0.717, 1.165) is 18.5 Å². The minimum absolute atomic E-state index is 0.648. The molecular formula is C16H21Cl2N. The molecule has 2 unspecified atom stereocenters. The quantitative estimate of drug-likeness (QED) is 0.823. The maximum absolute atomic E-state index is 6.17. The van der Waals surface area contributed by atoms with Crippen molar-refractivity contribution >= 4 is 23.2 Å². The molecule has 3 rings (SSSR count). The van der Waals surface area contributed by atoms with E-state index in [-0.39, 0.29) is 0 Å². The number of rotatable bonds is 4. The fraction of sp³-hybridized carbons (Fsp3) is 0.625. The molecule has 2 saturated carbocycles. The first-order valence-electron chi connectivity index (χ1n) is 7.42. The summed E-state index contributed by atoms with van der Waals surface area (Å²) in [6.07, 6.45) is 8.06. The highest BCUT2D eigenvalue weighted by molar-refractivity contribution is 6.42. The van der Waals surface area contributed by atoms with Crippen LogP contribution < -0.4 is 5.32 Å². The van der Waals surface area contributed by atoms with Crippen molar-refractivity contribution in [2.75, 3.05) is 6.54 Å². The summed E-state index contributed by atoms with van der Waals surface area (Å²) in [5.74, 6) is 1.40. The van der Waals surface area contributed by atoms with Gasteiger partial charge in [0.2, 0.25) is 0 Å². The topological polar surface area (TPSA) is 12.0 Å². The van der Waals surface area contributed by atoms with Crippen LogP contribution in [0.5, 0.6) is 0 Å². The lowest BCUT2D eigenvalue weighted by Crippen LogP contribution is -2.30. The second kappa shape index (κ2) is 6.03. The summed E-state index contributed by atoms with van der Waals surface area (Å²) in [6.45, 7) is 1.16. The molecule has 1 N–H and O–H groups in total. The Morgan fingerprint density at radius 3 is 2.53 bits per heavy atom. The Morgan fingerprint density at radius 2 is 1.79 bits per heavy atom. The Balaban J connectivity index is 1.72. The average Bonchev–Trinajstić information content (AvgIpc) is 3.24. The molecule has 1 aromatic rings. The van der Waals surface area contributed by atoms with Gasteiger partial charge in [-0.05, 0) is 61.8 Å². The molecule has 1 aromatic carbocycles. The largest absolute Gasteiger partial charge is 0.314 e. The van der Waals surface area contributed by atoms with Gasteiger partial charge in [-0.3, -0.25) is 0 Å². The predicted octanol–water partition coefficient (Wildman–Crippen LogP) is 5.02. The van der Waals surface area contributed by atoms with E-state index in [9.17, 15) is 0 Å². The van der Waals surface area contributed by atoms with Gasteiger partial charge in [-0.25, -0.2) is 0 Å². The molecular weight excluding hydrogens is 277 g/mol. The van der Waals surface area contributed by atoms with Crippen molar-refractivity contribution in [1.82, 2.24) is 5.32 Å². The van der Waals surface area contributed by atoms with Gasteiger partial charge in [-0.15, -0.1) is 0 Å². The van der Waals surface area contributed by atoms with Crippen LogP contribution in [0.2, 0.25) is 10.0 Å². The Kier molecular flexibility index (Phi) is 4.36. The van der Waals surface area contributed by atoms with Crippen LogP contribution in [0.1, 0.15) is 50.0 Å². The van der Waals surface area contributed by atoms with Gasteiger partial charge in [0.1, 0.15) is 0 Å². The van der Waals surface area contributed by atoms with E-state index in [1.807, 2.05) is 6.07 Å². The van der Waals surface area contributed by atoms with Crippen LogP contribution in [0.15, 0.2) is 18.2 Å². The van der Waals surface area contributed by atoms with Crippen molar-refractivity contribution in [3.05, 3.63) is 33.8 Å². The standard InChI is InChI=1S/C16H21Cl2N/c17-15-8-5-11(9-16(15)18)14-4-2-1-3-12(14)10-19-13-6-7-13/h5,8-9,12-14,19H,1-4,6-7,10H2. The van der Waals surface area contributed by atoms with E-state index < -0.39 is 0 Å². The molecule has 0 spiro atoms. The Hall–Kier alpha value is -0.240. The SMILES string of the molecule is Clc1ccc(C2CCCCC2CNC2CC2)cc1Cl. The summed E-state index contributed by atoms with van der Waals surface area (Å²) in [7, 11) is 0. The molecule has 2 fully saturated rings. The van der Waals surface area contributed by atoms with Crippen molar-refractivity contribution in [2.45, 2.75) is 50.5 Å². The maximum Gasteiger partial charge on any atom is 0.0595 e. The molecule has 0 aromatic heterocycles. The summed E-state index contributed by atoms with van der Waals surface area (Å²) < 4.78 is 0. The van der Waals surface area contributed by atoms with E-state index in [1.165, 1.54) is 44.1 Å². The fourth-order valence-corrected chi connectivity index (χ4v) is 3.55. The minimum Gasteiger partial charge on any atom is -0.314 e. The predicted molar refractivity (Wildman–Crippen MR) is 82.2 cm³/mol. The van der Waals surface area contributed by atoms with Gasteiger partial charge in [0.05, 0.1) is 10.0 Å². The third-order valence-electron chi connectivity index (χ3n) is 4.53. The summed E-state index contributed by atoms with van der Waals surface area (Å²) in [5.41, 5.74) is 1.37. The molecule has 2 aliphatic rings. The molecule has 0 amide bonds. The van der Waals surface area contributed by atoms with Gasteiger partial charge in [0.25, 0.3) is 0 Å². The molecule has 2 aliphatic carbocycles. The molecule has 0 heterocycles. The van der Waals surface area contributed by atoms with Crippen molar-refractivity contribution in [3.8, 4) is 0 Å². The van der Waals surface area contributed by atoms with Crippen molar-refractivity contribution in [2.24, 2.45) is 5.92 Å². The van der Waals surface area contributed by atoms with Crippen molar-refractivity contribution in [3.63, 3.8) is 0 Å². The van der Waals surface area contributed by atoms with Gasteiger partial charge in [-0.2, -0.15) is 0 Å². The highest BCUT2D eigenvalue weighted by Crippen LogP contribution is 2.39. The number of nitrogens with one attached hydrogen (secondary N) is 1. The zero-order valence-corrected chi connectivity index (χ0v) is 12.7. The van der Waals surface area contributed by atoms with E-state index in [1.54, 1.807) is 0 Å². The summed E-state index contributed by atoms with van der Waals surface area (Å²) in [5, 5.41) is 5.05. The molecule has 0 radical (unpaired) electrons. The molecule has 104 valence electrons. The molecule has 1 nitrogen and oxygen atoms in total. The zero-order valence-electron chi connectivity index (χ0n) is 11.2. The van der Waals surface area contributed by atoms with E-state index in [0.29, 0.717) is 16.0 Å². The summed E-state index contributed by atoms with van der Waals surface area (Å²) >= 11 is 12.2. The van der Waals surface area contributed by atoms with Gasteiger partial charge >= 0.3 is 0 Å². The number of hydrogen-bond acceptors (Lipinski definition) is 1. The van der Waals surface area contributed by atoms with E-state index in [2.05, 4.69) is 17.4 Å². The Bertz CT molecular complexity index is 442. The summed E-state index contributed by atoms with van der Waals surface area (Å²) in [4.78, 5) is 0. The van der Waals surface area contributed by atoms with Crippen LogP contribution in [-0.4, -0.2) is 12.6 Å². The normalized spacial score (nSPS) is 27.5. The third-order valence-corrected chi connectivity index (χ3v) is 5.27. The van der Waals surface area contributed by atoms with Crippen molar-refractivity contribution in [1.29, 1.82) is 0 Å². The highest BCUT2D eigenvalue weighted by atomic mass is 35.5. The summed E-state index contributed by atoms with van der Waals surface area (Å²) in [6, 6.07) is 6.98. The van der Waals surface area contributed by atoms with Crippen LogP contribution in [0.4, 0.5) is 0 Å². The molecule has 0 bridgehead atoms. The molecule has 19 heavy (non-hydrogen) atoms. The van der Waals surface area contributed by atoms with Crippen LogP contribution in [0.25, 0.3) is 0 Å². The highest BCUT2D eigenvalue weighted by Gasteiger charge is 2.29. The maximum atomic E-state index is 6.17. The lowest BCUT2D eigenvalue weighted by Gasteiger charge is -2.32. The Labute approximate surface area is 125 Å². The first-order chi connectivity index (χ1) is 9.24. The molecule has 2 atom stereocenters. The van der Waals surface area contributed by atoms with Crippen LogP contribution in [0.3, 0.4) is 0 Å². The first kappa shape index (κ1) is 13.7. The third kappa shape index (κ3) is 3.45. The zero-order chi connectivity index (χ0) is 13.2. The number of halogens is 2. The first-order valence-corrected chi connectivity index (χ1v) is 8.18. The van der Waals surface area contributed by atoms with E-state index >= 15 is 0 Å². The second-order valence-corrected chi connectivity index (χ2v) is 6.82. The van der Waals surface area contributed by atoms with Gasteiger partial charge in [-0.1, -0.05) is 42.1 Å². The van der Waals surface area contributed by atoms with Gasteiger partial charge in [0, 0.05) is 6.04 Å². The monoisotopic (exact) mass is 297 g/mol. The van der Waals surface area contributed by atoms with Crippen LogP contribution in [0, 0.1) is 5.92 Å². The van der Waals surface area contributed by atoms with Gasteiger partial charge < -0.3 is 5.32 Å². The average molecular weight is 298 g/mol. The molecule has 0 aliphatic heterocycles. The fourth-order valence-electron chi connectivity index (χ4n) is 3.24. The smallest absolute Gasteiger partial charge is 0.0595 e. The second-order valence-electron chi connectivity index (χ2n) is 6.01. The number of hydrogen-bond donors (Lipinski definition) is 1. The number of benzene rings is 1. The van der Waals surface area contributed by atoms with Crippen molar-refractivity contribution < 1.29 is 0 Å². The molecule has 3 heteroatoms. The van der Waals surface area contributed by atoms with Gasteiger partial charge in [0.15, 0.2) is 0 Å². The lowest BCUT2D eigenvalue weighted by atomic mass is 9.75. The molecule has 0 saturated heterocycles. The van der Waals surface area contributed by atoms with Crippen LogP contribution in [-0.2, 0) is 0 Å². The minimum atomic E-state index is 0.648. The Morgan fingerprint density at radius 1 is 1.00 bits per heavy atom. The lowest BCUT2D eigenvalue weighted by molar-refractivity contribution is 0.295.